The summed E-state index contributed by atoms with van der Waals surface area (Å²) in [6.07, 6.45) is 0. The summed E-state index contributed by atoms with van der Waals surface area (Å²) >= 11 is 5.82. The number of hydrogen-bond acceptors (Lipinski definition) is 3. The van der Waals surface area contributed by atoms with E-state index in [4.69, 9.17) is 11.6 Å². The zero-order valence-corrected chi connectivity index (χ0v) is 15.7. The fourth-order valence-electron chi connectivity index (χ4n) is 2.03. The Hall–Kier alpha value is -1.89. The maximum atomic E-state index is 12.2. The Kier molecular flexibility index (Phi) is 6.58. The Balaban J connectivity index is 1.98. The minimum absolute atomic E-state index is 0.141. The number of nitrogens with one attached hydrogen (secondary N) is 2. The predicted octanol–water partition coefficient (Wildman–Crippen LogP) is 3.20. The van der Waals surface area contributed by atoms with Crippen molar-refractivity contribution in [2.45, 2.75) is 25.3 Å². The molecule has 0 atom stereocenters. The Labute approximate surface area is 153 Å². The molecule has 25 heavy (non-hydrogen) atoms. The normalized spacial score (nSPS) is 11.5. The number of carbonyl (C=O) groups excluding carboxylic acids is 1. The van der Waals surface area contributed by atoms with Crippen LogP contribution in [-0.4, -0.2) is 20.9 Å². The summed E-state index contributed by atoms with van der Waals surface area (Å²) in [5.74, 6) is -0.0540. The second-order valence-corrected chi connectivity index (χ2v) is 8.28. The topological polar surface area (TPSA) is 75.3 Å². The van der Waals surface area contributed by atoms with Crippen molar-refractivity contribution in [1.29, 1.82) is 0 Å². The number of halogens is 1. The average Bonchev–Trinajstić information content (AvgIpc) is 2.59. The molecule has 2 aromatic rings. The van der Waals surface area contributed by atoms with Crippen LogP contribution in [0.1, 0.15) is 29.8 Å². The summed E-state index contributed by atoms with van der Waals surface area (Å²) in [6, 6.07) is 13.0. The van der Waals surface area contributed by atoms with Crippen LogP contribution in [0, 0.1) is 5.92 Å². The van der Waals surface area contributed by atoms with Crippen LogP contribution in [0.3, 0.4) is 0 Å². The SMILES string of the molecule is CC(C)CNS(=O)(=O)c1ccc(C(=O)NCc2ccc(Cl)cc2)cc1. The largest absolute Gasteiger partial charge is 0.348 e. The van der Waals surface area contributed by atoms with Crippen molar-refractivity contribution < 1.29 is 13.2 Å². The van der Waals surface area contributed by atoms with Crippen molar-refractivity contribution in [2.75, 3.05) is 6.54 Å². The lowest BCUT2D eigenvalue weighted by Gasteiger charge is -2.10. The monoisotopic (exact) mass is 380 g/mol. The molecule has 0 unspecified atom stereocenters. The van der Waals surface area contributed by atoms with Gasteiger partial charge >= 0.3 is 0 Å². The van der Waals surface area contributed by atoms with Gasteiger partial charge in [-0.25, -0.2) is 13.1 Å². The van der Waals surface area contributed by atoms with E-state index in [-0.39, 0.29) is 16.7 Å². The van der Waals surface area contributed by atoms with E-state index >= 15 is 0 Å². The fourth-order valence-corrected chi connectivity index (χ4v) is 3.37. The Morgan fingerprint density at radius 3 is 2.20 bits per heavy atom. The van der Waals surface area contributed by atoms with Crippen molar-refractivity contribution in [3.8, 4) is 0 Å². The zero-order chi connectivity index (χ0) is 18.4. The van der Waals surface area contributed by atoms with Crippen LogP contribution in [-0.2, 0) is 16.6 Å². The van der Waals surface area contributed by atoms with Gasteiger partial charge in [0, 0.05) is 23.7 Å². The highest BCUT2D eigenvalue weighted by molar-refractivity contribution is 7.89. The van der Waals surface area contributed by atoms with Crippen LogP contribution in [0.15, 0.2) is 53.4 Å². The minimum Gasteiger partial charge on any atom is -0.348 e. The molecule has 5 nitrogen and oxygen atoms in total. The first-order chi connectivity index (χ1) is 11.8. The van der Waals surface area contributed by atoms with Crippen LogP contribution in [0.2, 0.25) is 5.02 Å². The van der Waals surface area contributed by atoms with Crippen molar-refractivity contribution in [3.05, 3.63) is 64.7 Å². The smallest absolute Gasteiger partial charge is 0.251 e. The number of amides is 1. The van der Waals surface area contributed by atoms with Crippen LogP contribution < -0.4 is 10.0 Å². The van der Waals surface area contributed by atoms with Crippen molar-refractivity contribution in [3.63, 3.8) is 0 Å². The molecule has 0 radical (unpaired) electrons. The summed E-state index contributed by atoms with van der Waals surface area (Å²) in [5.41, 5.74) is 1.33. The van der Waals surface area contributed by atoms with E-state index in [0.29, 0.717) is 23.7 Å². The van der Waals surface area contributed by atoms with Gasteiger partial charge < -0.3 is 5.32 Å². The highest BCUT2D eigenvalue weighted by Crippen LogP contribution is 2.12. The summed E-state index contributed by atoms with van der Waals surface area (Å²) in [4.78, 5) is 12.3. The lowest BCUT2D eigenvalue weighted by atomic mass is 10.2. The van der Waals surface area contributed by atoms with Gasteiger partial charge in [-0.1, -0.05) is 37.6 Å². The van der Waals surface area contributed by atoms with Gasteiger partial charge in [-0.3, -0.25) is 4.79 Å². The van der Waals surface area contributed by atoms with E-state index in [2.05, 4.69) is 10.0 Å². The molecule has 0 aromatic heterocycles. The summed E-state index contributed by atoms with van der Waals surface area (Å²) in [6.45, 7) is 4.59. The summed E-state index contributed by atoms with van der Waals surface area (Å²) in [5, 5.41) is 3.42. The van der Waals surface area contributed by atoms with E-state index in [9.17, 15) is 13.2 Å². The van der Waals surface area contributed by atoms with Gasteiger partial charge in [-0.2, -0.15) is 0 Å². The highest BCUT2D eigenvalue weighted by Gasteiger charge is 2.15. The Morgan fingerprint density at radius 2 is 1.64 bits per heavy atom. The van der Waals surface area contributed by atoms with Crippen molar-refractivity contribution in [2.24, 2.45) is 5.92 Å². The zero-order valence-electron chi connectivity index (χ0n) is 14.1. The van der Waals surface area contributed by atoms with Gasteiger partial charge in [0.25, 0.3) is 5.91 Å². The molecule has 1 amide bonds. The number of sulfonamides is 1. The average molecular weight is 381 g/mol. The second-order valence-electron chi connectivity index (χ2n) is 6.08. The molecule has 0 aliphatic carbocycles. The number of rotatable bonds is 7. The molecule has 2 N–H and O–H groups in total. The molecular weight excluding hydrogens is 360 g/mol. The minimum atomic E-state index is -3.55. The standard InChI is InChI=1S/C18H21ClN2O3S/c1-13(2)11-21-25(23,24)17-9-5-15(6-10-17)18(22)20-12-14-3-7-16(19)8-4-14/h3-10,13,21H,11-12H2,1-2H3,(H,20,22). The van der Waals surface area contributed by atoms with E-state index in [1.807, 2.05) is 26.0 Å². The van der Waals surface area contributed by atoms with Crippen LogP contribution in [0.5, 0.6) is 0 Å². The molecule has 0 bridgehead atoms. The van der Waals surface area contributed by atoms with Crippen molar-refractivity contribution in [1.82, 2.24) is 10.0 Å². The summed E-state index contributed by atoms with van der Waals surface area (Å²) in [7, 11) is -3.55. The molecule has 0 fully saturated rings. The van der Waals surface area contributed by atoms with Gasteiger partial charge in [0.15, 0.2) is 0 Å². The predicted molar refractivity (Wildman–Crippen MR) is 99.1 cm³/mol. The fraction of sp³-hybridized carbons (Fsp3) is 0.278. The second kappa shape index (κ2) is 8.47. The molecule has 0 aliphatic heterocycles. The first-order valence-corrected chi connectivity index (χ1v) is 9.76. The molecule has 0 spiro atoms. The highest BCUT2D eigenvalue weighted by atomic mass is 35.5. The quantitative estimate of drug-likeness (QED) is 0.774. The Morgan fingerprint density at radius 1 is 1.04 bits per heavy atom. The van der Waals surface area contributed by atoms with E-state index in [1.54, 1.807) is 12.1 Å². The van der Waals surface area contributed by atoms with Gasteiger partial charge in [0.1, 0.15) is 0 Å². The van der Waals surface area contributed by atoms with Gasteiger partial charge in [0.05, 0.1) is 4.90 Å². The molecule has 2 rings (SSSR count). The number of carbonyl (C=O) groups is 1. The maximum Gasteiger partial charge on any atom is 0.251 e. The van der Waals surface area contributed by atoms with Crippen LogP contribution >= 0.6 is 11.6 Å². The van der Waals surface area contributed by atoms with E-state index in [0.717, 1.165) is 5.56 Å². The molecule has 0 saturated heterocycles. The van der Waals surface area contributed by atoms with E-state index in [1.165, 1.54) is 24.3 Å². The first-order valence-electron chi connectivity index (χ1n) is 7.90. The first kappa shape index (κ1) is 19.4. The lowest BCUT2D eigenvalue weighted by Crippen LogP contribution is -2.27. The third-order valence-electron chi connectivity index (χ3n) is 3.47. The number of benzene rings is 2. The Bertz CT molecular complexity index is 816. The third-order valence-corrected chi connectivity index (χ3v) is 5.17. The molecule has 134 valence electrons. The van der Waals surface area contributed by atoms with Crippen LogP contribution in [0.4, 0.5) is 0 Å². The molecule has 7 heteroatoms. The van der Waals surface area contributed by atoms with Gasteiger partial charge in [-0.15, -0.1) is 0 Å². The molecule has 0 heterocycles. The molecule has 2 aromatic carbocycles. The molecule has 0 aliphatic rings. The number of hydrogen-bond donors (Lipinski definition) is 2. The van der Waals surface area contributed by atoms with Gasteiger partial charge in [-0.05, 0) is 47.9 Å². The molecule has 0 saturated carbocycles. The summed E-state index contributed by atoms with van der Waals surface area (Å²) < 4.78 is 26.8. The lowest BCUT2D eigenvalue weighted by molar-refractivity contribution is 0.0951. The van der Waals surface area contributed by atoms with Crippen LogP contribution in [0.25, 0.3) is 0 Å². The third kappa shape index (κ3) is 5.85. The van der Waals surface area contributed by atoms with Gasteiger partial charge in [0.2, 0.25) is 10.0 Å². The van der Waals surface area contributed by atoms with Crippen molar-refractivity contribution >= 4 is 27.5 Å². The molecular formula is C18H21ClN2O3S. The maximum absolute atomic E-state index is 12.2. The van der Waals surface area contributed by atoms with E-state index < -0.39 is 10.0 Å².